The second-order valence-corrected chi connectivity index (χ2v) is 11.9. The van der Waals surface area contributed by atoms with Gasteiger partial charge in [-0.1, -0.05) is 72.3 Å². The molecular weight excluding hydrogens is 522 g/mol. The summed E-state index contributed by atoms with van der Waals surface area (Å²) in [5, 5.41) is 3.40. The summed E-state index contributed by atoms with van der Waals surface area (Å²) in [6.07, 6.45) is 1.33. The van der Waals surface area contributed by atoms with Gasteiger partial charge in [0.05, 0.1) is 11.9 Å². The number of nitrogens with zero attached hydrogens (tertiary/aromatic N) is 2. The number of benzene rings is 3. The van der Waals surface area contributed by atoms with Gasteiger partial charge in [0, 0.05) is 24.0 Å². The molecule has 0 aromatic heterocycles. The van der Waals surface area contributed by atoms with Crippen molar-refractivity contribution in [3.05, 3.63) is 101 Å². The molecule has 0 aliphatic rings. The third-order valence-corrected chi connectivity index (χ3v) is 7.37. The Labute approximate surface area is 230 Å². The van der Waals surface area contributed by atoms with Crippen LogP contribution >= 0.6 is 11.6 Å². The first-order chi connectivity index (χ1) is 18.0. The van der Waals surface area contributed by atoms with Crippen LogP contribution < -0.4 is 9.62 Å². The normalized spacial score (nSPS) is 12.2. The van der Waals surface area contributed by atoms with E-state index in [0.29, 0.717) is 16.3 Å². The van der Waals surface area contributed by atoms with Gasteiger partial charge >= 0.3 is 0 Å². The van der Waals surface area contributed by atoms with Gasteiger partial charge in [0.2, 0.25) is 21.8 Å². The largest absolute Gasteiger partial charge is 0.352 e. The zero-order chi connectivity index (χ0) is 27.9. The SMILES string of the molecule is Cc1cc(Cl)ccc1N(CC(=O)N(Cc1ccccc1)C(Cc1ccccc1)C(=O)NC(C)C)S(C)(=O)=O. The highest BCUT2D eigenvalue weighted by Crippen LogP contribution is 2.26. The van der Waals surface area contributed by atoms with Crippen LogP contribution in [0.15, 0.2) is 78.9 Å². The van der Waals surface area contributed by atoms with Crippen molar-refractivity contribution in [2.45, 2.75) is 45.8 Å². The lowest BCUT2D eigenvalue weighted by Crippen LogP contribution is -2.54. The molecule has 0 saturated heterocycles. The minimum absolute atomic E-state index is 0.139. The summed E-state index contributed by atoms with van der Waals surface area (Å²) in [7, 11) is -3.84. The van der Waals surface area contributed by atoms with Gasteiger partial charge in [0.25, 0.3) is 0 Å². The van der Waals surface area contributed by atoms with Gasteiger partial charge in [0.1, 0.15) is 12.6 Å². The van der Waals surface area contributed by atoms with Crippen LogP contribution in [0.2, 0.25) is 5.02 Å². The summed E-state index contributed by atoms with van der Waals surface area (Å²) in [6, 6.07) is 22.6. The second-order valence-electron chi connectivity index (χ2n) is 9.58. The molecule has 1 atom stereocenters. The first-order valence-corrected chi connectivity index (χ1v) is 14.6. The smallest absolute Gasteiger partial charge is 0.244 e. The number of halogens is 1. The molecule has 0 fully saturated rings. The number of anilines is 1. The number of hydrogen-bond donors (Lipinski definition) is 1. The van der Waals surface area contributed by atoms with Crippen molar-refractivity contribution in [2.24, 2.45) is 0 Å². The summed E-state index contributed by atoms with van der Waals surface area (Å²) in [4.78, 5) is 29.0. The number of hydrogen-bond acceptors (Lipinski definition) is 4. The minimum Gasteiger partial charge on any atom is -0.352 e. The van der Waals surface area contributed by atoms with Gasteiger partial charge in [-0.05, 0) is 55.7 Å². The van der Waals surface area contributed by atoms with Crippen molar-refractivity contribution in [3.63, 3.8) is 0 Å². The number of amides is 2. The van der Waals surface area contributed by atoms with E-state index in [2.05, 4.69) is 5.32 Å². The monoisotopic (exact) mass is 555 g/mol. The molecule has 7 nitrogen and oxygen atoms in total. The highest BCUT2D eigenvalue weighted by Gasteiger charge is 2.33. The van der Waals surface area contributed by atoms with Gasteiger partial charge in [-0.15, -0.1) is 0 Å². The summed E-state index contributed by atoms with van der Waals surface area (Å²) < 4.78 is 26.8. The van der Waals surface area contributed by atoms with Crippen molar-refractivity contribution < 1.29 is 18.0 Å². The van der Waals surface area contributed by atoms with Gasteiger partial charge in [0.15, 0.2) is 0 Å². The Balaban J connectivity index is 2.05. The summed E-state index contributed by atoms with van der Waals surface area (Å²) in [6.45, 7) is 5.12. The minimum atomic E-state index is -3.84. The van der Waals surface area contributed by atoms with Crippen LogP contribution in [-0.4, -0.2) is 50.0 Å². The third-order valence-electron chi connectivity index (χ3n) is 6.00. The Bertz CT molecular complexity index is 1350. The maximum atomic E-state index is 14.0. The Hall–Kier alpha value is -3.36. The van der Waals surface area contributed by atoms with E-state index in [-0.39, 0.29) is 24.9 Å². The molecule has 3 aromatic rings. The number of carbonyl (C=O) groups is 2. The highest BCUT2D eigenvalue weighted by atomic mass is 35.5. The maximum absolute atomic E-state index is 14.0. The predicted octanol–water partition coefficient (Wildman–Crippen LogP) is 4.58. The van der Waals surface area contributed by atoms with Crippen LogP contribution in [0.25, 0.3) is 0 Å². The van der Waals surface area contributed by atoms with Crippen LogP contribution in [0.3, 0.4) is 0 Å². The van der Waals surface area contributed by atoms with E-state index in [4.69, 9.17) is 11.6 Å². The van der Waals surface area contributed by atoms with E-state index in [1.807, 2.05) is 74.5 Å². The van der Waals surface area contributed by atoms with Gasteiger partial charge in [-0.2, -0.15) is 0 Å². The molecule has 1 N–H and O–H groups in total. The molecular formula is C29H34ClN3O4S. The second kappa shape index (κ2) is 12.9. The van der Waals surface area contributed by atoms with Crippen molar-refractivity contribution >= 4 is 39.1 Å². The number of aryl methyl sites for hydroxylation is 1. The molecule has 202 valence electrons. The van der Waals surface area contributed by atoms with Crippen LogP contribution in [0.5, 0.6) is 0 Å². The van der Waals surface area contributed by atoms with E-state index in [1.54, 1.807) is 25.1 Å². The number of nitrogens with one attached hydrogen (secondary N) is 1. The fourth-order valence-corrected chi connectivity index (χ4v) is 5.34. The first kappa shape index (κ1) is 29.2. The van der Waals surface area contributed by atoms with Gasteiger partial charge < -0.3 is 10.2 Å². The van der Waals surface area contributed by atoms with Crippen LogP contribution in [0.1, 0.15) is 30.5 Å². The van der Waals surface area contributed by atoms with Crippen molar-refractivity contribution in [1.82, 2.24) is 10.2 Å². The molecule has 0 aliphatic carbocycles. The summed E-state index contributed by atoms with van der Waals surface area (Å²) >= 11 is 6.09. The van der Waals surface area contributed by atoms with E-state index in [9.17, 15) is 18.0 Å². The topological polar surface area (TPSA) is 86.8 Å². The fourth-order valence-electron chi connectivity index (χ4n) is 4.21. The summed E-state index contributed by atoms with van der Waals surface area (Å²) in [5.41, 5.74) is 2.68. The Kier molecular flexibility index (Phi) is 9.94. The summed E-state index contributed by atoms with van der Waals surface area (Å²) in [5.74, 6) is -0.796. The third kappa shape index (κ3) is 8.07. The van der Waals surface area contributed by atoms with Gasteiger partial charge in [-0.25, -0.2) is 8.42 Å². The lowest BCUT2D eigenvalue weighted by molar-refractivity contribution is -0.140. The van der Waals surface area contributed by atoms with Crippen LogP contribution in [0.4, 0.5) is 5.69 Å². The Morgan fingerprint density at radius 3 is 2.03 bits per heavy atom. The average Bonchev–Trinajstić information content (AvgIpc) is 2.85. The first-order valence-electron chi connectivity index (χ1n) is 12.4. The molecule has 38 heavy (non-hydrogen) atoms. The number of rotatable bonds is 11. The van der Waals surface area contributed by atoms with E-state index in [0.717, 1.165) is 21.7 Å². The van der Waals surface area contributed by atoms with E-state index >= 15 is 0 Å². The lowest BCUT2D eigenvalue weighted by Gasteiger charge is -2.34. The standard InChI is InChI=1S/C29H34ClN3O4S/c1-21(2)31-29(35)27(18-23-11-7-5-8-12-23)32(19-24-13-9-6-10-14-24)28(34)20-33(38(4,36)37)26-16-15-25(30)17-22(26)3/h5-17,21,27H,18-20H2,1-4H3,(H,31,35). The maximum Gasteiger partial charge on any atom is 0.244 e. The van der Waals surface area contributed by atoms with Crippen molar-refractivity contribution in [1.29, 1.82) is 0 Å². The molecule has 0 radical (unpaired) electrons. The van der Waals surface area contributed by atoms with Crippen LogP contribution in [0, 0.1) is 6.92 Å². The Morgan fingerprint density at radius 1 is 0.921 bits per heavy atom. The van der Waals surface area contributed by atoms with E-state index in [1.165, 1.54) is 4.90 Å². The lowest BCUT2D eigenvalue weighted by atomic mass is 10.0. The molecule has 1 unspecified atom stereocenters. The molecule has 0 spiro atoms. The molecule has 2 amide bonds. The van der Waals surface area contributed by atoms with Crippen LogP contribution in [-0.2, 0) is 32.6 Å². The molecule has 0 aliphatic heterocycles. The molecule has 3 rings (SSSR count). The molecule has 9 heteroatoms. The molecule has 0 saturated carbocycles. The predicted molar refractivity (Wildman–Crippen MR) is 153 cm³/mol. The number of sulfonamides is 1. The zero-order valence-electron chi connectivity index (χ0n) is 22.1. The molecule has 3 aromatic carbocycles. The zero-order valence-corrected chi connectivity index (χ0v) is 23.7. The van der Waals surface area contributed by atoms with E-state index < -0.39 is 28.5 Å². The average molecular weight is 556 g/mol. The highest BCUT2D eigenvalue weighted by molar-refractivity contribution is 7.92. The van der Waals surface area contributed by atoms with Crippen molar-refractivity contribution in [3.8, 4) is 0 Å². The molecule has 0 heterocycles. The molecule has 0 bridgehead atoms. The quantitative estimate of drug-likeness (QED) is 0.375. The van der Waals surface area contributed by atoms with Gasteiger partial charge in [-0.3, -0.25) is 13.9 Å². The fraction of sp³-hybridized carbons (Fsp3) is 0.310. The van der Waals surface area contributed by atoms with Crippen molar-refractivity contribution in [2.75, 3.05) is 17.1 Å². The number of carbonyl (C=O) groups excluding carboxylic acids is 2. The Morgan fingerprint density at radius 2 is 1.50 bits per heavy atom.